The van der Waals surface area contributed by atoms with E-state index in [-0.39, 0.29) is 5.69 Å². The molecule has 2 aromatic heterocycles. The van der Waals surface area contributed by atoms with Gasteiger partial charge >= 0.3 is 5.97 Å². The van der Waals surface area contributed by atoms with Gasteiger partial charge in [0.1, 0.15) is 11.5 Å². The van der Waals surface area contributed by atoms with Crippen molar-refractivity contribution in [2.24, 2.45) is 0 Å². The maximum Gasteiger partial charge on any atom is 0.352 e. The van der Waals surface area contributed by atoms with Gasteiger partial charge in [0.05, 0.1) is 11.7 Å². The number of carboxylic acid groups (broad SMARTS) is 1. The Bertz CT molecular complexity index is 773. The minimum atomic E-state index is -0.958. The van der Waals surface area contributed by atoms with Crippen LogP contribution < -0.4 is 0 Å². The van der Waals surface area contributed by atoms with Gasteiger partial charge < -0.3 is 5.11 Å². The summed E-state index contributed by atoms with van der Waals surface area (Å²) in [4.78, 5) is 15.7. The van der Waals surface area contributed by atoms with Crippen LogP contribution in [0.2, 0.25) is 0 Å². The molecule has 0 bridgehead atoms. The van der Waals surface area contributed by atoms with Crippen LogP contribution in [0.15, 0.2) is 48.7 Å². The average Bonchev–Trinajstić information content (AvgIpc) is 2.91. The minimum absolute atomic E-state index is 0.217. The summed E-state index contributed by atoms with van der Waals surface area (Å²) in [6, 6.07) is 13.2. The van der Waals surface area contributed by atoms with E-state index in [9.17, 15) is 9.90 Å². The number of aromatic carboxylic acids is 1. The molecule has 1 aromatic carbocycles. The van der Waals surface area contributed by atoms with Crippen LogP contribution in [-0.2, 0) is 6.42 Å². The van der Waals surface area contributed by atoms with Gasteiger partial charge in [-0.1, -0.05) is 37.3 Å². The Hall–Kier alpha value is -2.62. The zero-order valence-electron chi connectivity index (χ0n) is 11.1. The largest absolute Gasteiger partial charge is 0.477 e. The van der Waals surface area contributed by atoms with Crippen LogP contribution in [0.5, 0.6) is 0 Å². The molecule has 20 heavy (non-hydrogen) atoms. The molecule has 0 atom stereocenters. The summed E-state index contributed by atoms with van der Waals surface area (Å²) in [7, 11) is 0. The van der Waals surface area contributed by atoms with Gasteiger partial charge in [-0.05, 0) is 24.1 Å². The molecule has 0 radical (unpaired) electrons. The zero-order chi connectivity index (χ0) is 14.1. The average molecular weight is 266 g/mol. The number of benzene rings is 1. The van der Waals surface area contributed by atoms with Crippen LogP contribution in [0.3, 0.4) is 0 Å². The fraction of sp³-hybridized carbons (Fsp3) is 0.125. The summed E-state index contributed by atoms with van der Waals surface area (Å²) < 4.78 is 1.67. The number of rotatable bonds is 3. The number of carbonyl (C=O) groups is 1. The molecule has 0 aliphatic carbocycles. The fourth-order valence-corrected chi connectivity index (χ4v) is 2.31. The van der Waals surface area contributed by atoms with Gasteiger partial charge in [-0.25, -0.2) is 9.78 Å². The van der Waals surface area contributed by atoms with E-state index >= 15 is 0 Å². The lowest BCUT2D eigenvalue weighted by molar-refractivity contribution is 0.0689. The van der Waals surface area contributed by atoms with Gasteiger partial charge in [0.2, 0.25) is 0 Å². The third kappa shape index (κ3) is 1.95. The van der Waals surface area contributed by atoms with Crippen LogP contribution in [0, 0.1) is 0 Å². The number of aromatic nitrogens is 2. The van der Waals surface area contributed by atoms with Crippen LogP contribution in [0.4, 0.5) is 0 Å². The lowest BCUT2D eigenvalue weighted by Crippen LogP contribution is -2.05. The number of imidazole rings is 1. The normalized spacial score (nSPS) is 10.8. The van der Waals surface area contributed by atoms with Gasteiger partial charge in [-0.15, -0.1) is 0 Å². The number of hydrogen-bond donors (Lipinski definition) is 1. The minimum Gasteiger partial charge on any atom is -0.477 e. The van der Waals surface area contributed by atoms with E-state index in [4.69, 9.17) is 0 Å². The molecule has 0 aliphatic heterocycles. The van der Waals surface area contributed by atoms with Gasteiger partial charge in [0, 0.05) is 5.56 Å². The Morgan fingerprint density at radius 3 is 2.60 bits per heavy atom. The first-order valence-corrected chi connectivity index (χ1v) is 6.50. The number of aryl methyl sites for hydroxylation is 1. The maximum atomic E-state index is 11.3. The second kappa shape index (κ2) is 4.81. The number of carboxylic acids is 1. The number of pyridine rings is 1. The van der Waals surface area contributed by atoms with Gasteiger partial charge in [0.25, 0.3) is 0 Å². The predicted molar refractivity (Wildman–Crippen MR) is 77.0 cm³/mol. The summed E-state index contributed by atoms with van der Waals surface area (Å²) in [6.45, 7) is 2.10. The quantitative estimate of drug-likeness (QED) is 0.791. The van der Waals surface area contributed by atoms with E-state index in [1.54, 1.807) is 22.7 Å². The highest BCUT2D eigenvalue weighted by molar-refractivity contribution is 5.87. The van der Waals surface area contributed by atoms with Gasteiger partial charge in [-0.2, -0.15) is 0 Å². The molecular formula is C16H14N2O2. The second-order valence-electron chi connectivity index (χ2n) is 4.61. The standard InChI is InChI=1S/C16H14N2O2/c1-2-11-6-8-12(9-7-11)15-17-10-13-4-3-5-14(16(19)20)18(13)15/h3-10H,2H2,1H3,(H,19,20). The molecule has 2 heterocycles. The van der Waals surface area contributed by atoms with E-state index in [2.05, 4.69) is 11.9 Å². The third-order valence-electron chi connectivity index (χ3n) is 3.39. The molecule has 4 heteroatoms. The first kappa shape index (κ1) is 12.4. The summed E-state index contributed by atoms with van der Waals surface area (Å²) in [5.41, 5.74) is 3.15. The number of hydrogen-bond acceptors (Lipinski definition) is 2. The van der Waals surface area contributed by atoms with Crippen molar-refractivity contribution in [3.8, 4) is 11.4 Å². The highest BCUT2D eigenvalue weighted by atomic mass is 16.4. The molecule has 0 aliphatic rings. The Morgan fingerprint density at radius 2 is 1.95 bits per heavy atom. The molecule has 0 spiro atoms. The highest BCUT2D eigenvalue weighted by Gasteiger charge is 2.13. The smallest absolute Gasteiger partial charge is 0.352 e. The van der Waals surface area contributed by atoms with E-state index in [0.717, 1.165) is 17.5 Å². The third-order valence-corrected chi connectivity index (χ3v) is 3.39. The fourth-order valence-electron chi connectivity index (χ4n) is 2.31. The lowest BCUT2D eigenvalue weighted by atomic mass is 10.1. The topological polar surface area (TPSA) is 54.6 Å². The van der Waals surface area contributed by atoms with Gasteiger partial charge in [0.15, 0.2) is 0 Å². The van der Waals surface area contributed by atoms with Crippen LogP contribution in [0.25, 0.3) is 16.9 Å². The summed E-state index contributed by atoms with van der Waals surface area (Å²) >= 11 is 0. The number of nitrogens with zero attached hydrogens (tertiary/aromatic N) is 2. The Kier molecular flexibility index (Phi) is 2.99. The van der Waals surface area contributed by atoms with Crippen molar-refractivity contribution in [1.82, 2.24) is 9.38 Å². The highest BCUT2D eigenvalue weighted by Crippen LogP contribution is 2.22. The molecule has 4 nitrogen and oxygen atoms in total. The molecule has 100 valence electrons. The van der Waals surface area contributed by atoms with Crippen molar-refractivity contribution in [1.29, 1.82) is 0 Å². The molecule has 3 rings (SSSR count). The summed E-state index contributed by atoms with van der Waals surface area (Å²) in [5.74, 6) is -0.305. The van der Waals surface area contributed by atoms with Crippen molar-refractivity contribution >= 4 is 11.5 Å². The molecule has 0 fully saturated rings. The first-order chi connectivity index (χ1) is 9.70. The molecule has 3 aromatic rings. The van der Waals surface area contributed by atoms with Crippen molar-refractivity contribution in [3.05, 3.63) is 59.9 Å². The van der Waals surface area contributed by atoms with E-state index < -0.39 is 5.97 Å². The van der Waals surface area contributed by atoms with E-state index in [1.807, 2.05) is 30.3 Å². The van der Waals surface area contributed by atoms with Crippen molar-refractivity contribution in [2.75, 3.05) is 0 Å². The van der Waals surface area contributed by atoms with E-state index in [0.29, 0.717) is 5.82 Å². The summed E-state index contributed by atoms with van der Waals surface area (Å²) in [5, 5.41) is 9.31. The lowest BCUT2D eigenvalue weighted by Gasteiger charge is -2.06. The SMILES string of the molecule is CCc1ccc(-c2ncc3cccc(C(=O)O)n23)cc1. The Morgan fingerprint density at radius 1 is 1.20 bits per heavy atom. The maximum absolute atomic E-state index is 11.3. The van der Waals surface area contributed by atoms with Crippen molar-refractivity contribution in [2.45, 2.75) is 13.3 Å². The van der Waals surface area contributed by atoms with E-state index in [1.165, 1.54) is 5.56 Å². The van der Waals surface area contributed by atoms with Crippen LogP contribution >= 0.6 is 0 Å². The zero-order valence-corrected chi connectivity index (χ0v) is 11.1. The Balaban J connectivity index is 2.22. The van der Waals surface area contributed by atoms with Gasteiger partial charge in [-0.3, -0.25) is 4.40 Å². The molecule has 0 saturated heterocycles. The molecule has 0 unspecified atom stereocenters. The van der Waals surface area contributed by atoms with Crippen LogP contribution in [-0.4, -0.2) is 20.5 Å². The first-order valence-electron chi connectivity index (χ1n) is 6.50. The van der Waals surface area contributed by atoms with Crippen molar-refractivity contribution < 1.29 is 9.90 Å². The number of fused-ring (bicyclic) bond motifs is 1. The molecule has 1 N–H and O–H groups in total. The predicted octanol–water partition coefficient (Wildman–Crippen LogP) is 3.26. The summed E-state index contributed by atoms with van der Waals surface area (Å²) in [6.07, 6.45) is 2.67. The second-order valence-corrected chi connectivity index (χ2v) is 4.61. The molecule has 0 saturated carbocycles. The van der Waals surface area contributed by atoms with Crippen molar-refractivity contribution in [3.63, 3.8) is 0 Å². The molecule has 0 amide bonds. The molecular weight excluding hydrogens is 252 g/mol. The van der Waals surface area contributed by atoms with Crippen LogP contribution in [0.1, 0.15) is 23.0 Å². The Labute approximate surface area is 116 Å². The monoisotopic (exact) mass is 266 g/mol.